The van der Waals surface area contributed by atoms with Gasteiger partial charge in [-0.05, 0) is 25.5 Å². The molecule has 4 rings (SSSR count). The van der Waals surface area contributed by atoms with Crippen LogP contribution in [0, 0.1) is 6.92 Å². The van der Waals surface area contributed by atoms with E-state index in [-0.39, 0.29) is 18.6 Å². The first kappa shape index (κ1) is 24.4. The van der Waals surface area contributed by atoms with E-state index in [4.69, 9.17) is 4.74 Å². The maximum atomic E-state index is 12.7. The highest BCUT2D eigenvalue weighted by molar-refractivity contribution is 6.03. The predicted molar refractivity (Wildman–Crippen MR) is 122 cm³/mol. The van der Waals surface area contributed by atoms with E-state index in [1.54, 1.807) is 43.1 Å². The Morgan fingerprint density at radius 2 is 2.00 bits per heavy atom. The second-order valence-electron chi connectivity index (χ2n) is 8.27. The van der Waals surface area contributed by atoms with Crippen LogP contribution in [0.3, 0.4) is 0 Å². The predicted octanol–water partition coefficient (Wildman–Crippen LogP) is 2.85. The van der Waals surface area contributed by atoms with Gasteiger partial charge in [0.15, 0.2) is 5.82 Å². The summed E-state index contributed by atoms with van der Waals surface area (Å²) in [6.07, 6.45) is -0.190. The van der Waals surface area contributed by atoms with Crippen molar-refractivity contribution in [1.82, 2.24) is 24.7 Å². The van der Waals surface area contributed by atoms with Crippen LogP contribution in [0.2, 0.25) is 0 Å². The van der Waals surface area contributed by atoms with E-state index in [1.165, 1.54) is 12.3 Å². The van der Waals surface area contributed by atoms with Gasteiger partial charge in [0.1, 0.15) is 17.4 Å². The maximum absolute atomic E-state index is 12.7. The van der Waals surface area contributed by atoms with Crippen molar-refractivity contribution in [3.05, 3.63) is 53.2 Å². The van der Waals surface area contributed by atoms with Gasteiger partial charge in [-0.1, -0.05) is 6.07 Å². The molecule has 10 nitrogen and oxygen atoms in total. The Morgan fingerprint density at radius 1 is 1.23 bits per heavy atom. The summed E-state index contributed by atoms with van der Waals surface area (Å²) in [4.78, 5) is 26.8. The number of amides is 1. The molecule has 1 unspecified atom stereocenters. The number of pyridine rings is 1. The first-order valence-electron chi connectivity index (χ1n) is 10.8. The van der Waals surface area contributed by atoms with Gasteiger partial charge < -0.3 is 20.3 Å². The summed E-state index contributed by atoms with van der Waals surface area (Å²) in [7, 11) is 3.34. The van der Waals surface area contributed by atoms with Gasteiger partial charge >= 0.3 is 6.18 Å². The number of nitrogens with zero attached hydrogens (tertiary/aromatic N) is 6. The minimum absolute atomic E-state index is 0.183. The summed E-state index contributed by atoms with van der Waals surface area (Å²) in [6, 6.07) is 1.80. The molecule has 0 spiro atoms. The van der Waals surface area contributed by atoms with Gasteiger partial charge in [-0.3, -0.25) is 14.5 Å². The number of fused-ring (bicyclic) bond motifs is 1. The summed E-state index contributed by atoms with van der Waals surface area (Å²) >= 11 is 0. The van der Waals surface area contributed by atoms with Crippen LogP contribution in [0.25, 0.3) is 0 Å². The Kier molecular flexibility index (Phi) is 6.61. The van der Waals surface area contributed by atoms with E-state index >= 15 is 0 Å². The second-order valence-corrected chi connectivity index (χ2v) is 8.27. The number of halogens is 3. The molecule has 2 N–H and O–H groups in total. The number of hydrogen-bond donors (Lipinski definition) is 2. The number of likely N-dealkylation sites (N-methyl/N-ethyl adjacent to an activating group) is 1. The minimum atomic E-state index is -4.47. The van der Waals surface area contributed by atoms with Crippen LogP contribution < -0.4 is 15.5 Å². The zero-order valence-corrected chi connectivity index (χ0v) is 19.6. The summed E-state index contributed by atoms with van der Waals surface area (Å²) < 4.78 is 45.0. The van der Waals surface area contributed by atoms with Gasteiger partial charge in [-0.15, -0.1) is 0 Å². The number of aryl methyl sites for hydroxylation is 1. The van der Waals surface area contributed by atoms with Gasteiger partial charge in [0.2, 0.25) is 11.9 Å². The molecule has 3 aromatic heterocycles. The molecule has 186 valence electrons. The van der Waals surface area contributed by atoms with Gasteiger partial charge in [0.05, 0.1) is 24.5 Å². The number of hydrogen-bond acceptors (Lipinski definition) is 8. The molecule has 0 aliphatic carbocycles. The quantitative estimate of drug-likeness (QED) is 0.520. The molecular weight excluding hydrogens is 465 g/mol. The highest BCUT2D eigenvalue weighted by Crippen LogP contribution is 2.33. The molecule has 35 heavy (non-hydrogen) atoms. The molecular formula is C22H25F3N8O2. The molecule has 0 saturated heterocycles. The number of alkyl halides is 3. The largest absolute Gasteiger partial charge is 0.433 e. The van der Waals surface area contributed by atoms with Crippen molar-refractivity contribution in [2.75, 3.05) is 29.7 Å². The van der Waals surface area contributed by atoms with E-state index < -0.39 is 17.9 Å². The third kappa shape index (κ3) is 5.19. The van der Waals surface area contributed by atoms with E-state index in [9.17, 15) is 18.0 Å². The van der Waals surface area contributed by atoms with Gasteiger partial charge in [0, 0.05) is 38.7 Å². The molecule has 1 aliphatic rings. The van der Waals surface area contributed by atoms with Gasteiger partial charge in [-0.2, -0.15) is 23.3 Å². The zero-order valence-electron chi connectivity index (χ0n) is 19.6. The summed E-state index contributed by atoms with van der Waals surface area (Å²) in [5.74, 6) is 0.782. The monoisotopic (exact) mass is 490 g/mol. The van der Waals surface area contributed by atoms with Crippen molar-refractivity contribution >= 4 is 23.4 Å². The molecule has 0 radical (unpaired) electrons. The summed E-state index contributed by atoms with van der Waals surface area (Å²) in [5, 5.41) is 10.3. The lowest BCUT2D eigenvalue weighted by molar-refractivity contribution is -0.141. The van der Waals surface area contributed by atoms with Crippen LogP contribution in [-0.4, -0.2) is 56.9 Å². The third-order valence-electron chi connectivity index (χ3n) is 5.75. The van der Waals surface area contributed by atoms with Crippen molar-refractivity contribution in [3.63, 3.8) is 0 Å². The fourth-order valence-electron chi connectivity index (χ4n) is 3.84. The Morgan fingerprint density at radius 3 is 2.66 bits per heavy atom. The number of rotatable bonds is 7. The molecule has 0 saturated carbocycles. The average molecular weight is 490 g/mol. The molecule has 0 fully saturated rings. The van der Waals surface area contributed by atoms with Crippen molar-refractivity contribution in [2.45, 2.75) is 45.3 Å². The fraction of sp³-hybridized carbons (Fsp3) is 0.409. The minimum Gasteiger partial charge on any atom is -0.379 e. The molecule has 2 atom stereocenters. The van der Waals surface area contributed by atoms with Crippen molar-refractivity contribution < 1.29 is 22.7 Å². The summed E-state index contributed by atoms with van der Waals surface area (Å²) in [6.45, 7) is 4.26. The third-order valence-corrected chi connectivity index (χ3v) is 5.75. The van der Waals surface area contributed by atoms with Crippen LogP contribution in [0.5, 0.6) is 0 Å². The first-order chi connectivity index (χ1) is 16.6. The highest BCUT2D eigenvalue weighted by atomic mass is 19.4. The Hall–Kier alpha value is -3.74. The maximum Gasteiger partial charge on any atom is 0.433 e. The topological polar surface area (TPSA) is 110 Å². The van der Waals surface area contributed by atoms with E-state index in [0.717, 1.165) is 11.6 Å². The van der Waals surface area contributed by atoms with Crippen LogP contribution in [0.15, 0.2) is 30.7 Å². The number of ether oxygens (including phenoxy) is 1. The van der Waals surface area contributed by atoms with Gasteiger partial charge in [0.25, 0.3) is 0 Å². The Balaban J connectivity index is 1.43. The molecule has 4 heterocycles. The van der Waals surface area contributed by atoms with E-state index in [0.29, 0.717) is 35.3 Å². The average Bonchev–Trinajstić information content (AvgIpc) is 3.25. The van der Waals surface area contributed by atoms with Crippen LogP contribution >= 0.6 is 0 Å². The Labute approximate surface area is 199 Å². The number of anilines is 3. The fourth-order valence-corrected chi connectivity index (χ4v) is 3.84. The van der Waals surface area contributed by atoms with Crippen LogP contribution in [0.1, 0.15) is 29.4 Å². The van der Waals surface area contributed by atoms with Gasteiger partial charge in [-0.25, -0.2) is 4.98 Å². The second kappa shape index (κ2) is 9.49. The zero-order chi connectivity index (χ0) is 25.3. The molecule has 3 aromatic rings. The number of carbonyl (C=O) groups is 1. The highest BCUT2D eigenvalue weighted by Gasteiger charge is 2.37. The van der Waals surface area contributed by atoms with Crippen molar-refractivity contribution in [1.29, 1.82) is 0 Å². The number of aromatic nitrogens is 5. The summed E-state index contributed by atoms with van der Waals surface area (Å²) in [5.41, 5.74) is 1.67. The normalized spacial score (nSPS) is 16.6. The van der Waals surface area contributed by atoms with E-state index in [1.807, 2.05) is 6.92 Å². The lowest BCUT2D eigenvalue weighted by Gasteiger charge is -2.37. The van der Waals surface area contributed by atoms with Crippen molar-refractivity contribution in [3.8, 4) is 0 Å². The molecule has 1 amide bonds. The SMILES string of the molecule is CO[C@@H](C)C1C(=O)Nc2c(C)nc(NCc3cnn(Cc4ccc(C(F)(F)F)nc4)c3)nc2N1C. The van der Waals surface area contributed by atoms with Crippen LogP contribution in [0.4, 0.5) is 30.6 Å². The molecule has 0 aromatic carbocycles. The number of carbonyl (C=O) groups excluding carboxylic acids is 1. The first-order valence-corrected chi connectivity index (χ1v) is 10.8. The standard InChI is InChI=1S/C22H25F3N8O2/c1-12-17-19(32(3)18(13(2)35-4)20(34)30-17)31-21(29-12)27-8-15-9-28-33(11-15)10-14-5-6-16(26-7-14)22(23,24)25/h5-7,9,11,13,18H,8,10H2,1-4H3,(H,30,34)(H,27,29,31)/t13-,18?/m0/s1. The number of methoxy groups -OCH3 is 1. The molecule has 0 bridgehead atoms. The molecule has 13 heteroatoms. The molecule has 1 aliphatic heterocycles. The smallest absolute Gasteiger partial charge is 0.379 e. The number of nitrogens with one attached hydrogen (secondary N) is 2. The lowest BCUT2D eigenvalue weighted by Crippen LogP contribution is -2.53. The Bertz CT molecular complexity index is 1210. The van der Waals surface area contributed by atoms with E-state index in [2.05, 4.69) is 30.7 Å². The lowest BCUT2D eigenvalue weighted by atomic mass is 10.1. The van der Waals surface area contributed by atoms with Crippen molar-refractivity contribution in [2.24, 2.45) is 0 Å². The van der Waals surface area contributed by atoms with Crippen LogP contribution in [-0.2, 0) is 28.8 Å².